The number of hydrogen-bond donors (Lipinski definition) is 1. The number of methoxy groups -OCH3 is 1. The van der Waals surface area contributed by atoms with Crippen LogP contribution in [0, 0.1) is 0 Å². The number of likely N-dealkylation sites (tertiary alicyclic amines) is 1. The van der Waals surface area contributed by atoms with Crippen molar-refractivity contribution in [1.29, 1.82) is 0 Å². The minimum Gasteiger partial charge on any atom is -0.466 e. The van der Waals surface area contributed by atoms with Crippen LogP contribution in [0.5, 0.6) is 0 Å². The van der Waals surface area contributed by atoms with Crippen LogP contribution >= 0.6 is 34.7 Å². The summed E-state index contributed by atoms with van der Waals surface area (Å²) in [5.41, 5.74) is 1.33. The molecule has 3 heterocycles. The van der Waals surface area contributed by atoms with Gasteiger partial charge in [0.05, 0.1) is 30.5 Å². The van der Waals surface area contributed by atoms with E-state index in [0.29, 0.717) is 55.0 Å². The number of rotatable bonds is 6. The largest absolute Gasteiger partial charge is 0.466 e. The molecule has 182 valence electrons. The summed E-state index contributed by atoms with van der Waals surface area (Å²) < 4.78 is 10.7. The van der Waals surface area contributed by atoms with Crippen LogP contribution in [-0.2, 0) is 19.7 Å². The van der Waals surface area contributed by atoms with Gasteiger partial charge in [-0.25, -0.2) is 14.6 Å². The number of nitrogens with one attached hydrogen (secondary N) is 1. The topological polar surface area (TPSA) is 101 Å². The molecule has 1 saturated heterocycles. The van der Waals surface area contributed by atoms with Crippen molar-refractivity contribution in [3.63, 3.8) is 0 Å². The number of carbonyl (C=O) groups excluding carboxylic acids is 3. The van der Waals surface area contributed by atoms with Crippen molar-refractivity contribution in [1.82, 2.24) is 9.88 Å². The molecule has 1 N–H and O–H groups in total. The summed E-state index contributed by atoms with van der Waals surface area (Å²) in [6, 6.07) is 5.18. The number of benzene rings is 1. The standard InChI is InChI=1S/C22H25ClN4O5S2/c1-3-32-17(28)6-9-33-18-11-24-19(34-18)25-20(29)27-13-22(7-8-26(12-22)21(30)31-2)15-10-14(23)4-5-16(15)27/h4-5,10-11H,3,6-9,12-13H2,1-2H3,(H,24,25,29)/t22-/m1/s1. The molecule has 2 aliphatic rings. The van der Waals surface area contributed by atoms with Gasteiger partial charge in [-0.1, -0.05) is 22.9 Å². The molecule has 0 unspecified atom stereocenters. The van der Waals surface area contributed by atoms with Crippen molar-refractivity contribution in [2.45, 2.75) is 29.4 Å². The first-order chi connectivity index (χ1) is 16.3. The van der Waals surface area contributed by atoms with Crippen LogP contribution in [0.25, 0.3) is 0 Å². The predicted octanol–water partition coefficient (Wildman–Crippen LogP) is 4.60. The number of halogens is 1. The SMILES string of the molecule is CCOC(=O)CCSc1cnc(NC(=O)N2C[C@]3(CCN(C(=O)OC)C3)c3cc(Cl)ccc32)s1. The highest BCUT2D eigenvalue weighted by molar-refractivity contribution is 8.01. The molecule has 0 radical (unpaired) electrons. The van der Waals surface area contributed by atoms with E-state index in [1.807, 2.05) is 12.1 Å². The molecule has 1 aromatic carbocycles. The first kappa shape index (κ1) is 24.6. The molecule has 1 aromatic heterocycles. The highest BCUT2D eigenvalue weighted by atomic mass is 35.5. The third kappa shape index (κ3) is 5.11. The van der Waals surface area contributed by atoms with E-state index in [2.05, 4.69) is 10.3 Å². The summed E-state index contributed by atoms with van der Waals surface area (Å²) in [6.45, 7) is 3.57. The summed E-state index contributed by atoms with van der Waals surface area (Å²) in [7, 11) is 1.37. The third-order valence-electron chi connectivity index (χ3n) is 5.87. The summed E-state index contributed by atoms with van der Waals surface area (Å²) in [4.78, 5) is 44.4. The van der Waals surface area contributed by atoms with Crippen LogP contribution in [0.1, 0.15) is 25.3 Å². The molecule has 0 saturated carbocycles. The Balaban J connectivity index is 1.44. The normalized spacial score (nSPS) is 18.8. The molecule has 1 fully saturated rings. The van der Waals surface area contributed by atoms with E-state index in [-0.39, 0.29) is 18.1 Å². The number of thiazole rings is 1. The van der Waals surface area contributed by atoms with Gasteiger partial charge in [-0.05, 0) is 37.1 Å². The molecule has 34 heavy (non-hydrogen) atoms. The van der Waals surface area contributed by atoms with Crippen LogP contribution in [-0.4, -0.2) is 67.1 Å². The smallest absolute Gasteiger partial charge is 0.409 e. The molecule has 9 nitrogen and oxygen atoms in total. The summed E-state index contributed by atoms with van der Waals surface area (Å²) >= 11 is 9.13. The molecule has 1 spiro atoms. The van der Waals surface area contributed by atoms with Gasteiger partial charge in [0.2, 0.25) is 0 Å². The lowest BCUT2D eigenvalue weighted by Gasteiger charge is -2.25. The monoisotopic (exact) mass is 524 g/mol. The second-order valence-electron chi connectivity index (χ2n) is 7.99. The number of hydrogen-bond acceptors (Lipinski definition) is 8. The van der Waals surface area contributed by atoms with Crippen molar-refractivity contribution < 1.29 is 23.9 Å². The summed E-state index contributed by atoms with van der Waals surface area (Å²) in [5.74, 6) is 0.348. The Labute approximate surface area is 210 Å². The highest BCUT2D eigenvalue weighted by Crippen LogP contribution is 2.47. The van der Waals surface area contributed by atoms with Crippen molar-refractivity contribution >= 4 is 63.6 Å². The van der Waals surface area contributed by atoms with E-state index < -0.39 is 5.41 Å². The molecular weight excluding hydrogens is 500 g/mol. The fourth-order valence-corrected chi connectivity index (χ4v) is 6.37. The van der Waals surface area contributed by atoms with Gasteiger partial charge < -0.3 is 14.4 Å². The minimum atomic E-state index is -0.400. The van der Waals surface area contributed by atoms with E-state index in [4.69, 9.17) is 21.1 Å². The Morgan fingerprint density at radius 2 is 2.15 bits per heavy atom. The van der Waals surface area contributed by atoms with Crippen LogP contribution in [0.2, 0.25) is 5.02 Å². The number of nitrogens with zero attached hydrogens (tertiary/aromatic N) is 3. The number of carbonyl (C=O) groups is 3. The Bertz CT molecular complexity index is 1100. The number of fused-ring (bicyclic) bond motifs is 2. The quantitative estimate of drug-likeness (QED) is 0.435. The average molecular weight is 525 g/mol. The van der Waals surface area contributed by atoms with Crippen LogP contribution in [0.4, 0.5) is 20.4 Å². The summed E-state index contributed by atoms with van der Waals surface area (Å²) in [6.07, 6.45) is 2.33. The Kier molecular flexibility index (Phi) is 7.54. The van der Waals surface area contributed by atoms with Gasteiger partial charge in [0.25, 0.3) is 0 Å². The number of amides is 3. The zero-order valence-electron chi connectivity index (χ0n) is 18.8. The highest BCUT2D eigenvalue weighted by Gasteiger charge is 2.50. The third-order valence-corrected chi connectivity index (χ3v) is 8.21. The van der Waals surface area contributed by atoms with E-state index >= 15 is 0 Å². The fraction of sp³-hybridized carbons (Fsp3) is 0.455. The molecule has 2 aliphatic heterocycles. The average Bonchev–Trinajstić information content (AvgIpc) is 3.52. The molecule has 4 rings (SSSR count). The number of anilines is 2. The van der Waals surface area contributed by atoms with Crippen molar-refractivity contribution in [3.05, 3.63) is 35.0 Å². The zero-order chi connectivity index (χ0) is 24.3. The lowest BCUT2D eigenvalue weighted by Crippen LogP contribution is -2.41. The van der Waals surface area contributed by atoms with Crippen LogP contribution in [0.3, 0.4) is 0 Å². The van der Waals surface area contributed by atoms with E-state index in [1.165, 1.54) is 30.2 Å². The first-order valence-corrected chi connectivity index (χ1v) is 13.0. The maximum atomic E-state index is 13.2. The van der Waals surface area contributed by atoms with Gasteiger partial charge >= 0.3 is 18.1 Å². The van der Waals surface area contributed by atoms with Gasteiger partial charge in [-0.3, -0.25) is 15.0 Å². The fourth-order valence-electron chi connectivity index (χ4n) is 4.34. The summed E-state index contributed by atoms with van der Waals surface area (Å²) in [5, 5.41) is 3.94. The zero-order valence-corrected chi connectivity index (χ0v) is 21.2. The molecule has 0 bridgehead atoms. The number of ether oxygens (including phenoxy) is 2. The molecule has 1 atom stereocenters. The second kappa shape index (κ2) is 10.4. The number of urea groups is 1. The second-order valence-corrected chi connectivity index (χ2v) is 10.8. The minimum absolute atomic E-state index is 0.229. The van der Waals surface area contributed by atoms with Gasteiger partial charge in [-0.15, -0.1) is 11.8 Å². The van der Waals surface area contributed by atoms with Crippen LogP contribution < -0.4 is 10.2 Å². The van der Waals surface area contributed by atoms with Gasteiger partial charge in [0, 0.05) is 41.5 Å². The van der Waals surface area contributed by atoms with Gasteiger partial charge in [-0.2, -0.15) is 0 Å². The molecule has 0 aliphatic carbocycles. The molecule has 2 aromatic rings. The number of thioether (sulfide) groups is 1. The van der Waals surface area contributed by atoms with Crippen LogP contribution in [0.15, 0.2) is 28.6 Å². The predicted molar refractivity (Wildman–Crippen MR) is 132 cm³/mol. The van der Waals surface area contributed by atoms with Crippen molar-refractivity contribution in [2.24, 2.45) is 0 Å². The maximum absolute atomic E-state index is 13.2. The number of aromatic nitrogens is 1. The van der Waals surface area contributed by atoms with E-state index in [9.17, 15) is 14.4 Å². The molecule has 3 amide bonds. The lowest BCUT2D eigenvalue weighted by atomic mass is 9.81. The molecule has 12 heteroatoms. The lowest BCUT2D eigenvalue weighted by molar-refractivity contribution is -0.142. The van der Waals surface area contributed by atoms with Gasteiger partial charge in [0.15, 0.2) is 5.13 Å². The van der Waals surface area contributed by atoms with Gasteiger partial charge in [0.1, 0.15) is 0 Å². The van der Waals surface area contributed by atoms with E-state index in [1.54, 1.807) is 29.0 Å². The Morgan fingerprint density at radius 1 is 1.32 bits per heavy atom. The Morgan fingerprint density at radius 3 is 2.91 bits per heavy atom. The maximum Gasteiger partial charge on any atom is 0.409 e. The first-order valence-electron chi connectivity index (χ1n) is 10.8. The molecular formula is C22H25ClN4O5S2. The Hall–Kier alpha value is -2.50. The van der Waals surface area contributed by atoms with E-state index in [0.717, 1.165) is 15.5 Å². The number of esters is 1. The van der Waals surface area contributed by atoms with Crippen molar-refractivity contribution in [2.75, 3.05) is 49.3 Å². The van der Waals surface area contributed by atoms with Crippen molar-refractivity contribution in [3.8, 4) is 0 Å².